The highest BCUT2D eigenvalue weighted by Crippen LogP contribution is 2.31. The molecule has 3 aromatic rings. The Morgan fingerprint density at radius 1 is 0.864 bits per heavy atom. The van der Waals surface area contributed by atoms with Crippen molar-refractivity contribution < 1.29 is 19.8 Å². The first kappa shape index (κ1) is 14.1. The summed E-state index contributed by atoms with van der Waals surface area (Å²) in [6.07, 6.45) is -0.429. The van der Waals surface area contributed by atoms with E-state index in [0.29, 0.717) is 5.56 Å². The number of carbonyl (C=O) groups is 2. The second kappa shape index (κ2) is 5.48. The summed E-state index contributed by atoms with van der Waals surface area (Å²) in [7, 11) is 0. The first-order valence-electron chi connectivity index (χ1n) is 6.92. The summed E-state index contributed by atoms with van der Waals surface area (Å²) in [5.41, 5.74) is 0.540. The maximum absolute atomic E-state index is 11.5. The SMILES string of the molecule is O=C(O)CC(C(=O)O)c1cccc2cc3ccccc3cc12. The first-order valence-corrected chi connectivity index (χ1v) is 6.92. The normalized spacial score (nSPS) is 12.4. The zero-order valence-corrected chi connectivity index (χ0v) is 11.7. The van der Waals surface area contributed by atoms with E-state index in [1.165, 1.54) is 0 Å². The van der Waals surface area contributed by atoms with Gasteiger partial charge in [0.1, 0.15) is 0 Å². The molecular weight excluding hydrogens is 280 g/mol. The lowest BCUT2D eigenvalue weighted by molar-refractivity contribution is -0.145. The highest BCUT2D eigenvalue weighted by molar-refractivity contribution is 6.01. The van der Waals surface area contributed by atoms with Crippen LogP contribution >= 0.6 is 0 Å². The zero-order valence-electron chi connectivity index (χ0n) is 11.7. The number of carboxylic acids is 2. The maximum atomic E-state index is 11.5. The van der Waals surface area contributed by atoms with E-state index < -0.39 is 24.3 Å². The molecule has 4 heteroatoms. The quantitative estimate of drug-likeness (QED) is 0.720. The van der Waals surface area contributed by atoms with E-state index in [4.69, 9.17) is 5.11 Å². The second-order valence-corrected chi connectivity index (χ2v) is 5.26. The van der Waals surface area contributed by atoms with E-state index in [0.717, 1.165) is 21.5 Å². The summed E-state index contributed by atoms with van der Waals surface area (Å²) in [6.45, 7) is 0. The van der Waals surface area contributed by atoms with Crippen LogP contribution in [0.4, 0.5) is 0 Å². The Kier molecular flexibility index (Phi) is 3.51. The highest BCUT2D eigenvalue weighted by atomic mass is 16.4. The van der Waals surface area contributed by atoms with Crippen molar-refractivity contribution in [2.45, 2.75) is 12.3 Å². The molecule has 1 atom stereocenters. The number of aliphatic carboxylic acids is 2. The van der Waals surface area contributed by atoms with Gasteiger partial charge in [-0.3, -0.25) is 9.59 Å². The fraction of sp³-hybridized carbons (Fsp3) is 0.111. The third-order valence-corrected chi connectivity index (χ3v) is 3.83. The predicted molar refractivity (Wildman–Crippen MR) is 84.1 cm³/mol. The van der Waals surface area contributed by atoms with E-state index in [1.807, 2.05) is 42.5 Å². The smallest absolute Gasteiger partial charge is 0.311 e. The van der Waals surface area contributed by atoms with Crippen molar-refractivity contribution >= 4 is 33.5 Å². The Hall–Kier alpha value is -2.88. The van der Waals surface area contributed by atoms with Gasteiger partial charge in [-0.1, -0.05) is 42.5 Å². The molecule has 4 nitrogen and oxygen atoms in total. The molecule has 0 saturated carbocycles. The Morgan fingerprint density at radius 3 is 2.14 bits per heavy atom. The van der Waals surface area contributed by atoms with Gasteiger partial charge in [-0.2, -0.15) is 0 Å². The molecule has 0 bridgehead atoms. The van der Waals surface area contributed by atoms with Crippen LogP contribution in [0.5, 0.6) is 0 Å². The van der Waals surface area contributed by atoms with E-state index in [9.17, 15) is 14.7 Å². The summed E-state index contributed by atoms with van der Waals surface area (Å²) in [5, 5.41) is 22.1. The monoisotopic (exact) mass is 294 g/mol. The van der Waals surface area contributed by atoms with E-state index in [1.54, 1.807) is 12.1 Å². The molecule has 3 rings (SSSR count). The maximum Gasteiger partial charge on any atom is 0.311 e. The van der Waals surface area contributed by atoms with Gasteiger partial charge in [0, 0.05) is 0 Å². The number of carboxylic acid groups (broad SMARTS) is 2. The van der Waals surface area contributed by atoms with Crippen LogP contribution in [0.3, 0.4) is 0 Å². The second-order valence-electron chi connectivity index (χ2n) is 5.26. The van der Waals surface area contributed by atoms with Crippen LogP contribution < -0.4 is 0 Å². The van der Waals surface area contributed by atoms with Gasteiger partial charge in [-0.15, -0.1) is 0 Å². The minimum atomic E-state index is -1.12. The van der Waals surface area contributed by atoms with Crippen molar-refractivity contribution in [2.75, 3.05) is 0 Å². The van der Waals surface area contributed by atoms with E-state index >= 15 is 0 Å². The fourth-order valence-corrected chi connectivity index (χ4v) is 2.80. The van der Waals surface area contributed by atoms with Crippen LogP contribution in [0, 0.1) is 0 Å². The van der Waals surface area contributed by atoms with Gasteiger partial charge in [-0.25, -0.2) is 0 Å². The molecule has 110 valence electrons. The number of rotatable bonds is 4. The lowest BCUT2D eigenvalue weighted by Gasteiger charge is -2.14. The summed E-state index contributed by atoms with van der Waals surface area (Å²) >= 11 is 0. The Labute approximate surface area is 126 Å². The lowest BCUT2D eigenvalue weighted by atomic mass is 9.90. The van der Waals surface area contributed by atoms with Gasteiger partial charge >= 0.3 is 11.9 Å². The van der Waals surface area contributed by atoms with Crippen LogP contribution in [-0.4, -0.2) is 22.2 Å². The lowest BCUT2D eigenvalue weighted by Crippen LogP contribution is -2.16. The van der Waals surface area contributed by atoms with Gasteiger partial charge in [0.05, 0.1) is 12.3 Å². The number of fused-ring (bicyclic) bond motifs is 2. The van der Waals surface area contributed by atoms with Gasteiger partial charge in [0.2, 0.25) is 0 Å². The molecule has 0 heterocycles. The van der Waals surface area contributed by atoms with Crippen LogP contribution in [-0.2, 0) is 9.59 Å². The number of benzene rings is 3. The molecule has 0 saturated heterocycles. The zero-order chi connectivity index (χ0) is 15.7. The molecule has 0 aliphatic rings. The molecule has 0 aliphatic heterocycles. The van der Waals surface area contributed by atoms with Crippen LogP contribution in [0.2, 0.25) is 0 Å². The van der Waals surface area contributed by atoms with Crippen molar-refractivity contribution in [3.8, 4) is 0 Å². The molecule has 2 N–H and O–H groups in total. The van der Waals surface area contributed by atoms with Crippen LogP contribution in [0.25, 0.3) is 21.5 Å². The minimum Gasteiger partial charge on any atom is -0.481 e. The topological polar surface area (TPSA) is 74.6 Å². The van der Waals surface area contributed by atoms with Crippen molar-refractivity contribution in [2.24, 2.45) is 0 Å². The average molecular weight is 294 g/mol. The molecule has 0 radical (unpaired) electrons. The van der Waals surface area contributed by atoms with Gasteiger partial charge in [-0.05, 0) is 39.2 Å². The minimum absolute atomic E-state index is 0.429. The Balaban J connectivity index is 2.26. The summed E-state index contributed by atoms with van der Waals surface area (Å²) in [4.78, 5) is 22.5. The Bertz CT molecular complexity index is 883. The van der Waals surface area contributed by atoms with Gasteiger partial charge < -0.3 is 10.2 Å². The highest BCUT2D eigenvalue weighted by Gasteiger charge is 2.24. The molecule has 0 aliphatic carbocycles. The third-order valence-electron chi connectivity index (χ3n) is 3.83. The summed E-state index contributed by atoms with van der Waals surface area (Å²) in [6, 6.07) is 17.1. The standard InChI is InChI=1S/C18H14O4/c19-17(20)10-16(18(21)22)14-7-3-6-13-8-11-4-1-2-5-12(11)9-15(13)14/h1-9,16H,10H2,(H,19,20)(H,21,22). The number of hydrogen-bond donors (Lipinski definition) is 2. The van der Waals surface area contributed by atoms with Crippen LogP contribution in [0.1, 0.15) is 17.9 Å². The predicted octanol–water partition coefficient (Wildman–Crippen LogP) is 3.64. The molecule has 3 aromatic carbocycles. The van der Waals surface area contributed by atoms with Crippen molar-refractivity contribution in [3.05, 3.63) is 60.2 Å². The van der Waals surface area contributed by atoms with E-state index in [-0.39, 0.29) is 0 Å². The molecule has 22 heavy (non-hydrogen) atoms. The van der Waals surface area contributed by atoms with E-state index in [2.05, 4.69) is 0 Å². The fourth-order valence-electron chi connectivity index (χ4n) is 2.80. The van der Waals surface area contributed by atoms with Gasteiger partial charge in [0.25, 0.3) is 0 Å². The van der Waals surface area contributed by atoms with Gasteiger partial charge in [0.15, 0.2) is 0 Å². The molecule has 0 spiro atoms. The molecule has 0 aromatic heterocycles. The molecular formula is C18H14O4. The third kappa shape index (κ3) is 2.51. The first-order chi connectivity index (χ1) is 10.6. The summed E-state index contributed by atoms with van der Waals surface area (Å²) < 4.78 is 0. The van der Waals surface area contributed by atoms with Crippen molar-refractivity contribution in [1.82, 2.24) is 0 Å². The molecule has 0 fully saturated rings. The molecule has 1 unspecified atom stereocenters. The Morgan fingerprint density at radius 2 is 1.50 bits per heavy atom. The number of hydrogen-bond acceptors (Lipinski definition) is 2. The average Bonchev–Trinajstić information content (AvgIpc) is 2.49. The van der Waals surface area contributed by atoms with Crippen molar-refractivity contribution in [3.63, 3.8) is 0 Å². The summed E-state index contributed by atoms with van der Waals surface area (Å²) in [5.74, 6) is -3.30. The largest absolute Gasteiger partial charge is 0.481 e. The van der Waals surface area contributed by atoms with Crippen LogP contribution in [0.15, 0.2) is 54.6 Å². The van der Waals surface area contributed by atoms with Crippen molar-refractivity contribution in [1.29, 1.82) is 0 Å². The molecule has 0 amide bonds.